The number of fused-ring (bicyclic) bond motifs is 1. The van der Waals surface area contributed by atoms with Crippen LogP contribution in [0.25, 0.3) is 11.0 Å². The fourth-order valence-electron chi connectivity index (χ4n) is 3.70. The lowest BCUT2D eigenvalue weighted by atomic mass is 10.2. The average molecular weight is 440 g/mol. The van der Waals surface area contributed by atoms with Crippen LogP contribution >= 0.6 is 0 Å². The van der Waals surface area contributed by atoms with Crippen molar-refractivity contribution in [2.45, 2.75) is 12.8 Å². The van der Waals surface area contributed by atoms with Gasteiger partial charge in [-0.05, 0) is 48.8 Å². The predicted octanol–water partition coefficient (Wildman–Crippen LogP) is 4.33. The van der Waals surface area contributed by atoms with Crippen molar-refractivity contribution in [1.29, 1.82) is 0 Å². The van der Waals surface area contributed by atoms with Gasteiger partial charge in [-0.25, -0.2) is 9.97 Å². The number of hydrogen-bond donors (Lipinski definition) is 0. The van der Waals surface area contributed by atoms with Gasteiger partial charge < -0.3 is 18.9 Å². The van der Waals surface area contributed by atoms with E-state index in [4.69, 9.17) is 14.5 Å². The maximum Gasteiger partial charge on any atom is 0.132 e. The van der Waals surface area contributed by atoms with Gasteiger partial charge in [-0.2, -0.15) is 0 Å². The molecular formula is C26H25N5O2. The normalized spacial score (nSPS) is 12.8. The standard InChI is InChI=1S/C26H25N5O2/c1-30-17-27-15-21(30)7-6-19-14-28-25-9-8-20(12-26(25)29-19)31(16-18-4-5-18)22-10-23(32-2)13-24(11-22)33-3/h8-15,17-18H,4-5,16H2,1-3H3. The van der Waals surface area contributed by atoms with Crippen molar-refractivity contribution < 1.29 is 9.47 Å². The summed E-state index contributed by atoms with van der Waals surface area (Å²) in [5.74, 6) is 8.41. The zero-order chi connectivity index (χ0) is 22.8. The van der Waals surface area contributed by atoms with E-state index < -0.39 is 0 Å². The molecule has 33 heavy (non-hydrogen) atoms. The van der Waals surface area contributed by atoms with Crippen molar-refractivity contribution in [2.75, 3.05) is 25.7 Å². The summed E-state index contributed by atoms with van der Waals surface area (Å²) in [6.07, 6.45) is 7.67. The highest BCUT2D eigenvalue weighted by Gasteiger charge is 2.26. The summed E-state index contributed by atoms with van der Waals surface area (Å²) in [6, 6.07) is 12.1. The van der Waals surface area contributed by atoms with E-state index in [0.717, 1.165) is 46.1 Å². The smallest absolute Gasteiger partial charge is 0.132 e. The summed E-state index contributed by atoms with van der Waals surface area (Å²) in [6.45, 7) is 0.926. The van der Waals surface area contributed by atoms with Gasteiger partial charge in [0.05, 0.1) is 44.0 Å². The molecule has 1 saturated carbocycles. The highest BCUT2D eigenvalue weighted by molar-refractivity contribution is 5.81. The van der Waals surface area contributed by atoms with Gasteiger partial charge in [-0.15, -0.1) is 0 Å². The number of nitrogens with zero attached hydrogens (tertiary/aromatic N) is 5. The molecule has 2 heterocycles. The van der Waals surface area contributed by atoms with Crippen LogP contribution in [0.1, 0.15) is 24.2 Å². The Labute approximate surface area is 193 Å². The van der Waals surface area contributed by atoms with E-state index in [1.54, 1.807) is 32.9 Å². The number of aromatic nitrogens is 4. The number of ether oxygens (including phenoxy) is 2. The third-order valence-corrected chi connectivity index (χ3v) is 5.76. The average Bonchev–Trinajstić information content (AvgIpc) is 3.59. The Morgan fingerprint density at radius 1 is 0.970 bits per heavy atom. The molecule has 0 unspecified atom stereocenters. The Kier molecular flexibility index (Phi) is 5.57. The predicted molar refractivity (Wildman–Crippen MR) is 128 cm³/mol. The summed E-state index contributed by atoms with van der Waals surface area (Å²) in [5.41, 5.74) is 5.17. The zero-order valence-corrected chi connectivity index (χ0v) is 18.9. The van der Waals surface area contributed by atoms with E-state index in [0.29, 0.717) is 11.6 Å². The lowest BCUT2D eigenvalue weighted by Crippen LogP contribution is -2.20. The van der Waals surface area contributed by atoms with Crippen LogP contribution < -0.4 is 14.4 Å². The van der Waals surface area contributed by atoms with Gasteiger partial charge in [0.15, 0.2) is 0 Å². The number of methoxy groups -OCH3 is 2. The summed E-state index contributed by atoms with van der Waals surface area (Å²) in [4.78, 5) is 15.7. The second-order valence-electron chi connectivity index (χ2n) is 8.19. The van der Waals surface area contributed by atoms with E-state index >= 15 is 0 Å². The number of imidazole rings is 1. The maximum atomic E-state index is 5.51. The summed E-state index contributed by atoms with van der Waals surface area (Å²) >= 11 is 0. The van der Waals surface area contributed by atoms with Crippen molar-refractivity contribution in [3.05, 3.63) is 66.5 Å². The molecule has 4 aromatic rings. The molecule has 0 amide bonds. The van der Waals surface area contributed by atoms with Crippen LogP contribution in [0, 0.1) is 17.8 Å². The molecule has 166 valence electrons. The minimum atomic E-state index is 0.623. The number of aryl methyl sites for hydroxylation is 1. The maximum absolute atomic E-state index is 5.51. The molecule has 5 rings (SSSR count). The Morgan fingerprint density at radius 3 is 2.42 bits per heavy atom. The number of rotatable bonds is 6. The molecular weight excluding hydrogens is 414 g/mol. The molecule has 1 aliphatic carbocycles. The van der Waals surface area contributed by atoms with Crippen molar-refractivity contribution in [3.8, 4) is 23.3 Å². The monoisotopic (exact) mass is 439 g/mol. The Hall–Kier alpha value is -4.05. The van der Waals surface area contributed by atoms with Crippen molar-refractivity contribution in [3.63, 3.8) is 0 Å². The first-order valence-corrected chi connectivity index (χ1v) is 10.9. The lowest BCUT2D eigenvalue weighted by Gasteiger charge is -2.26. The molecule has 7 heteroatoms. The van der Waals surface area contributed by atoms with Gasteiger partial charge >= 0.3 is 0 Å². The first-order chi connectivity index (χ1) is 16.1. The third-order valence-electron chi connectivity index (χ3n) is 5.76. The quantitative estimate of drug-likeness (QED) is 0.417. The fourth-order valence-corrected chi connectivity index (χ4v) is 3.70. The number of benzene rings is 2. The molecule has 0 bridgehead atoms. The topological polar surface area (TPSA) is 65.3 Å². The Balaban J connectivity index is 1.53. The van der Waals surface area contributed by atoms with E-state index in [1.807, 2.05) is 35.9 Å². The molecule has 1 aliphatic rings. The molecule has 0 saturated heterocycles. The van der Waals surface area contributed by atoms with Gasteiger partial charge in [0, 0.05) is 43.2 Å². The van der Waals surface area contributed by atoms with Gasteiger partial charge in [0.1, 0.15) is 22.9 Å². The van der Waals surface area contributed by atoms with Crippen LogP contribution in [0.15, 0.2) is 55.1 Å². The van der Waals surface area contributed by atoms with E-state index in [-0.39, 0.29) is 0 Å². The van der Waals surface area contributed by atoms with E-state index in [9.17, 15) is 0 Å². The van der Waals surface area contributed by atoms with Crippen LogP contribution in [0.5, 0.6) is 11.5 Å². The molecule has 0 aliphatic heterocycles. The van der Waals surface area contributed by atoms with E-state index in [1.165, 1.54) is 12.8 Å². The zero-order valence-electron chi connectivity index (χ0n) is 18.9. The summed E-state index contributed by atoms with van der Waals surface area (Å²) in [5, 5.41) is 0. The first-order valence-electron chi connectivity index (χ1n) is 10.9. The third kappa shape index (κ3) is 4.60. The van der Waals surface area contributed by atoms with Crippen molar-refractivity contribution in [2.24, 2.45) is 13.0 Å². The number of anilines is 2. The molecule has 0 radical (unpaired) electrons. The van der Waals surface area contributed by atoms with Gasteiger partial charge in [-0.3, -0.25) is 4.98 Å². The molecule has 2 aromatic carbocycles. The second-order valence-corrected chi connectivity index (χ2v) is 8.19. The molecule has 0 N–H and O–H groups in total. The molecule has 0 spiro atoms. The Bertz CT molecular complexity index is 1340. The van der Waals surface area contributed by atoms with E-state index in [2.05, 4.69) is 38.8 Å². The molecule has 0 atom stereocenters. The summed E-state index contributed by atoms with van der Waals surface area (Å²) in [7, 11) is 5.25. The lowest BCUT2D eigenvalue weighted by molar-refractivity contribution is 0.394. The minimum Gasteiger partial charge on any atom is -0.497 e. The van der Waals surface area contributed by atoms with Crippen molar-refractivity contribution in [1.82, 2.24) is 19.5 Å². The van der Waals surface area contributed by atoms with Crippen LogP contribution in [0.4, 0.5) is 11.4 Å². The first kappa shape index (κ1) is 20.8. The number of hydrogen-bond acceptors (Lipinski definition) is 6. The van der Waals surface area contributed by atoms with Gasteiger partial charge in [0.2, 0.25) is 0 Å². The van der Waals surface area contributed by atoms with Gasteiger partial charge in [-0.1, -0.05) is 0 Å². The molecule has 2 aromatic heterocycles. The molecule has 1 fully saturated rings. The largest absolute Gasteiger partial charge is 0.497 e. The van der Waals surface area contributed by atoms with Crippen molar-refractivity contribution >= 4 is 22.4 Å². The highest BCUT2D eigenvalue weighted by Crippen LogP contribution is 2.38. The van der Waals surface area contributed by atoms with Crippen LogP contribution in [-0.2, 0) is 7.05 Å². The second kappa shape index (κ2) is 8.83. The SMILES string of the molecule is COc1cc(OC)cc(N(CC2CC2)c2ccc3ncc(C#Cc4cncn4C)nc3c2)c1. The minimum absolute atomic E-state index is 0.623. The molecule has 7 nitrogen and oxygen atoms in total. The highest BCUT2D eigenvalue weighted by atomic mass is 16.5. The van der Waals surface area contributed by atoms with Crippen LogP contribution in [0.2, 0.25) is 0 Å². The fraction of sp³-hybridized carbons (Fsp3) is 0.269. The van der Waals surface area contributed by atoms with Gasteiger partial charge in [0.25, 0.3) is 0 Å². The summed E-state index contributed by atoms with van der Waals surface area (Å²) < 4.78 is 12.9. The van der Waals surface area contributed by atoms with Crippen LogP contribution in [0.3, 0.4) is 0 Å². The Morgan fingerprint density at radius 2 is 1.76 bits per heavy atom. The van der Waals surface area contributed by atoms with Crippen LogP contribution in [-0.4, -0.2) is 40.3 Å².